The number of hydrogen-bond donors (Lipinski definition) is 0. The van der Waals surface area contributed by atoms with Gasteiger partial charge in [0.15, 0.2) is 5.96 Å². The van der Waals surface area contributed by atoms with Crippen LogP contribution in [0.2, 0.25) is 0 Å². The lowest BCUT2D eigenvalue weighted by molar-refractivity contribution is 0.479. The molecule has 0 amide bonds. The topological polar surface area (TPSA) is 49.6 Å². The van der Waals surface area contributed by atoms with E-state index in [0.717, 1.165) is 17.3 Å². The van der Waals surface area contributed by atoms with Crippen LogP contribution < -0.4 is 0 Å². The molecule has 2 aromatic rings. The highest BCUT2D eigenvalue weighted by molar-refractivity contribution is 5.79. The van der Waals surface area contributed by atoms with Crippen molar-refractivity contribution < 1.29 is 0 Å². The lowest BCUT2D eigenvalue weighted by Crippen LogP contribution is -2.35. The van der Waals surface area contributed by atoms with Crippen LogP contribution in [0.1, 0.15) is 5.56 Å². The number of pyridine rings is 1. The molecule has 20 heavy (non-hydrogen) atoms. The summed E-state index contributed by atoms with van der Waals surface area (Å²) in [6.07, 6.45) is 7.19. The Labute approximate surface area is 119 Å². The minimum absolute atomic E-state index is 0.614. The van der Waals surface area contributed by atoms with Gasteiger partial charge in [-0.25, -0.2) is 15.0 Å². The van der Waals surface area contributed by atoms with Gasteiger partial charge in [-0.05, 0) is 11.6 Å². The first-order valence-corrected chi connectivity index (χ1v) is 6.40. The molecule has 0 aromatic carbocycles. The highest BCUT2D eigenvalue weighted by atomic mass is 15.3. The number of aromatic nitrogens is 3. The first-order valence-electron chi connectivity index (χ1n) is 6.40. The molecule has 0 aliphatic heterocycles. The van der Waals surface area contributed by atoms with Crippen LogP contribution in [0, 0.1) is 0 Å². The number of hydrogen-bond acceptors (Lipinski definition) is 3. The van der Waals surface area contributed by atoms with E-state index in [1.54, 1.807) is 12.5 Å². The van der Waals surface area contributed by atoms with Crippen LogP contribution in [0.25, 0.3) is 5.82 Å². The highest BCUT2D eigenvalue weighted by Gasteiger charge is 2.04. The van der Waals surface area contributed by atoms with Crippen molar-refractivity contribution in [3.8, 4) is 5.82 Å². The molecular formula is C14H20N6. The molecule has 2 aromatic heterocycles. The molecule has 2 heterocycles. The molecule has 0 radical (unpaired) electrons. The Kier molecular flexibility index (Phi) is 4.34. The van der Waals surface area contributed by atoms with Crippen molar-refractivity contribution in [1.82, 2.24) is 24.3 Å². The molecule has 106 valence electrons. The van der Waals surface area contributed by atoms with Gasteiger partial charge in [0.25, 0.3) is 0 Å². The number of imidazole rings is 1. The summed E-state index contributed by atoms with van der Waals surface area (Å²) < 4.78 is 1.87. The first kappa shape index (κ1) is 14.0. The monoisotopic (exact) mass is 272 g/mol. The number of nitrogens with zero attached hydrogens (tertiary/aromatic N) is 6. The average molecular weight is 272 g/mol. The van der Waals surface area contributed by atoms with Crippen LogP contribution in [-0.2, 0) is 6.54 Å². The van der Waals surface area contributed by atoms with Gasteiger partial charge in [0, 0.05) is 46.8 Å². The van der Waals surface area contributed by atoms with E-state index in [2.05, 4.69) is 15.0 Å². The predicted molar refractivity (Wildman–Crippen MR) is 79.9 cm³/mol. The third-order valence-electron chi connectivity index (χ3n) is 2.78. The summed E-state index contributed by atoms with van der Waals surface area (Å²) in [6, 6.07) is 4.01. The molecule has 2 rings (SSSR count). The van der Waals surface area contributed by atoms with Crippen LogP contribution in [-0.4, -0.2) is 58.5 Å². The van der Waals surface area contributed by atoms with Crippen LogP contribution in [0.5, 0.6) is 0 Å². The van der Waals surface area contributed by atoms with Crippen LogP contribution in [0.4, 0.5) is 0 Å². The fourth-order valence-corrected chi connectivity index (χ4v) is 1.90. The summed E-state index contributed by atoms with van der Waals surface area (Å²) in [4.78, 5) is 17.0. The Morgan fingerprint density at radius 2 is 1.95 bits per heavy atom. The molecule has 0 aliphatic carbocycles. The van der Waals surface area contributed by atoms with E-state index >= 15 is 0 Å². The van der Waals surface area contributed by atoms with Crippen molar-refractivity contribution in [1.29, 1.82) is 0 Å². The molecule has 0 aliphatic rings. The number of guanidine groups is 1. The molecule has 0 saturated carbocycles. The molecule has 0 N–H and O–H groups in total. The molecule has 0 atom stereocenters. The van der Waals surface area contributed by atoms with E-state index in [9.17, 15) is 0 Å². The van der Waals surface area contributed by atoms with Gasteiger partial charge in [-0.1, -0.05) is 6.07 Å². The van der Waals surface area contributed by atoms with Crippen LogP contribution in [0.3, 0.4) is 0 Å². The number of aliphatic imine (C=N–C) groups is 1. The molecule has 0 bridgehead atoms. The molecule has 0 spiro atoms. The average Bonchev–Trinajstić information content (AvgIpc) is 2.92. The normalized spacial score (nSPS) is 10.2. The molecule has 0 saturated heterocycles. The van der Waals surface area contributed by atoms with E-state index < -0.39 is 0 Å². The molecule has 0 unspecified atom stereocenters. The number of rotatable bonds is 3. The Morgan fingerprint density at radius 3 is 2.45 bits per heavy atom. The van der Waals surface area contributed by atoms with Gasteiger partial charge in [0.05, 0.1) is 6.54 Å². The maximum Gasteiger partial charge on any atom is 0.195 e. The van der Waals surface area contributed by atoms with E-state index in [1.807, 2.05) is 67.1 Å². The van der Waals surface area contributed by atoms with Crippen molar-refractivity contribution in [2.24, 2.45) is 4.99 Å². The maximum absolute atomic E-state index is 4.59. The van der Waals surface area contributed by atoms with Crippen molar-refractivity contribution in [3.63, 3.8) is 0 Å². The summed E-state index contributed by atoms with van der Waals surface area (Å²) in [7, 11) is 7.94. The second-order valence-corrected chi connectivity index (χ2v) is 4.90. The second-order valence-electron chi connectivity index (χ2n) is 4.90. The smallest absolute Gasteiger partial charge is 0.195 e. The zero-order valence-corrected chi connectivity index (χ0v) is 12.4. The van der Waals surface area contributed by atoms with Crippen molar-refractivity contribution in [3.05, 3.63) is 42.6 Å². The zero-order valence-electron chi connectivity index (χ0n) is 12.4. The van der Waals surface area contributed by atoms with Gasteiger partial charge in [0.1, 0.15) is 12.1 Å². The minimum Gasteiger partial charge on any atom is -0.349 e. The Hall–Kier alpha value is -2.37. The summed E-state index contributed by atoms with van der Waals surface area (Å²) in [5, 5.41) is 0. The Bertz CT molecular complexity index is 544. The summed E-state index contributed by atoms with van der Waals surface area (Å²) in [5.74, 6) is 1.79. The van der Waals surface area contributed by atoms with Crippen LogP contribution in [0.15, 0.2) is 42.0 Å². The predicted octanol–water partition coefficient (Wildman–Crippen LogP) is 1.25. The van der Waals surface area contributed by atoms with Crippen molar-refractivity contribution in [2.75, 3.05) is 28.2 Å². The van der Waals surface area contributed by atoms with Crippen molar-refractivity contribution >= 4 is 5.96 Å². The van der Waals surface area contributed by atoms with Gasteiger partial charge in [-0.2, -0.15) is 0 Å². The SMILES string of the molecule is CN(C)C(=NCc1ccc(-n2ccnc2)nc1)N(C)C. The third-order valence-corrected chi connectivity index (χ3v) is 2.78. The molecular weight excluding hydrogens is 252 g/mol. The fourth-order valence-electron chi connectivity index (χ4n) is 1.90. The summed E-state index contributed by atoms with van der Waals surface area (Å²) in [5.41, 5.74) is 1.08. The largest absolute Gasteiger partial charge is 0.349 e. The Balaban J connectivity index is 2.09. The van der Waals surface area contributed by atoms with Gasteiger partial charge >= 0.3 is 0 Å². The lowest BCUT2D eigenvalue weighted by Gasteiger charge is -2.22. The van der Waals surface area contributed by atoms with E-state index in [4.69, 9.17) is 0 Å². The van der Waals surface area contributed by atoms with Gasteiger partial charge < -0.3 is 9.80 Å². The van der Waals surface area contributed by atoms with Gasteiger partial charge in [0.2, 0.25) is 0 Å². The lowest BCUT2D eigenvalue weighted by atomic mass is 10.3. The summed E-state index contributed by atoms with van der Waals surface area (Å²) in [6.45, 7) is 0.614. The zero-order chi connectivity index (χ0) is 14.5. The Morgan fingerprint density at radius 1 is 1.20 bits per heavy atom. The fraction of sp³-hybridized carbons (Fsp3) is 0.357. The van der Waals surface area contributed by atoms with E-state index in [0.29, 0.717) is 6.54 Å². The molecule has 6 nitrogen and oxygen atoms in total. The molecule has 6 heteroatoms. The minimum atomic E-state index is 0.614. The third kappa shape index (κ3) is 3.34. The first-order chi connectivity index (χ1) is 9.58. The van der Waals surface area contributed by atoms with Gasteiger partial charge in [-0.3, -0.25) is 4.57 Å². The highest BCUT2D eigenvalue weighted by Crippen LogP contribution is 2.07. The standard InChI is InChI=1S/C14H20N6/c1-18(2)14(19(3)4)17-10-12-5-6-13(16-9-12)20-8-7-15-11-20/h5-9,11H,10H2,1-4H3. The second kappa shape index (κ2) is 6.18. The van der Waals surface area contributed by atoms with Crippen LogP contribution >= 0.6 is 0 Å². The maximum atomic E-state index is 4.59. The molecule has 0 fully saturated rings. The summed E-state index contributed by atoms with van der Waals surface area (Å²) >= 11 is 0. The quantitative estimate of drug-likeness (QED) is 0.623. The van der Waals surface area contributed by atoms with E-state index in [1.165, 1.54) is 0 Å². The van der Waals surface area contributed by atoms with E-state index in [-0.39, 0.29) is 0 Å². The van der Waals surface area contributed by atoms with Crippen molar-refractivity contribution in [2.45, 2.75) is 6.54 Å². The van der Waals surface area contributed by atoms with Gasteiger partial charge in [-0.15, -0.1) is 0 Å².